The fraction of sp³-hybridized carbons (Fsp3) is 0.417. The minimum atomic E-state index is -4.54. The lowest BCUT2D eigenvalue weighted by atomic mass is 10.1. The highest BCUT2D eigenvalue weighted by Crippen LogP contribution is 2.35. The summed E-state index contributed by atoms with van der Waals surface area (Å²) >= 11 is 1.24. The highest BCUT2D eigenvalue weighted by atomic mass is 32.2. The molecule has 0 bridgehead atoms. The number of aryl methyl sites for hydroxylation is 1. The van der Waals surface area contributed by atoms with Crippen molar-refractivity contribution in [1.82, 2.24) is 24.4 Å². The molecular weight excluding hydrogens is 503 g/mol. The average molecular weight is 532 g/mol. The second-order valence-electron chi connectivity index (χ2n) is 9.34. The van der Waals surface area contributed by atoms with Gasteiger partial charge in [0.05, 0.1) is 11.0 Å². The van der Waals surface area contributed by atoms with E-state index in [1.54, 1.807) is 37.3 Å². The van der Waals surface area contributed by atoms with Gasteiger partial charge in [-0.1, -0.05) is 0 Å². The van der Waals surface area contributed by atoms with Gasteiger partial charge in [0.1, 0.15) is 11.7 Å². The normalized spacial score (nSPS) is 18.1. The molecule has 1 aromatic carbocycles. The predicted molar refractivity (Wildman–Crippen MR) is 138 cm³/mol. The molecule has 0 amide bonds. The van der Waals surface area contributed by atoms with Crippen LogP contribution < -0.4 is 16.4 Å². The number of nitrogens with two attached hydrogens (primary N) is 2. The first-order chi connectivity index (χ1) is 17.6. The summed E-state index contributed by atoms with van der Waals surface area (Å²) in [6.07, 6.45) is -0.507. The molecule has 4 N–H and O–H groups in total. The number of alkyl halides is 3. The van der Waals surface area contributed by atoms with Crippen LogP contribution in [0.4, 0.5) is 24.8 Å². The molecule has 3 aromatic rings. The van der Waals surface area contributed by atoms with Gasteiger partial charge in [0.2, 0.25) is 5.82 Å². The SMILES string of the molecule is CC(N)=CC(N)=Nc1cc(N2CC(N3CCCC3)C2)nc(Sc2ccc3nc(C(F)(F)F)n(C)c3c2)n1. The Balaban J connectivity index is 1.44. The quantitative estimate of drug-likeness (QED) is 0.281. The number of benzene rings is 1. The van der Waals surface area contributed by atoms with Crippen LogP contribution in [0.3, 0.4) is 0 Å². The third kappa shape index (κ3) is 5.52. The van der Waals surface area contributed by atoms with Gasteiger partial charge in [-0.2, -0.15) is 13.2 Å². The van der Waals surface area contributed by atoms with Gasteiger partial charge in [-0.3, -0.25) is 4.90 Å². The largest absolute Gasteiger partial charge is 0.449 e. The minimum absolute atomic E-state index is 0.218. The van der Waals surface area contributed by atoms with Crippen molar-refractivity contribution in [3.63, 3.8) is 0 Å². The number of hydrogen-bond donors (Lipinski definition) is 2. The summed E-state index contributed by atoms with van der Waals surface area (Å²) in [6.45, 7) is 5.71. The van der Waals surface area contributed by atoms with Crippen LogP contribution in [-0.2, 0) is 13.2 Å². The van der Waals surface area contributed by atoms with E-state index in [4.69, 9.17) is 16.5 Å². The number of allylic oxidation sites excluding steroid dienone is 1. The van der Waals surface area contributed by atoms with Crippen LogP contribution in [0.15, 0.2) is 51.1 Å². The number of hydrogen-bond acceptors (Lipinski definition) is 8. The second kappa shape index (κ2) is 9.86. The van der Waals surface area contributed by atoms with Gasteiger partial charge in [0.15, 0.2) is 11.0 Å². The number of imidazole rings is 1. The number of aromatic nitrogens is 4. The van der Waals surface area contributed by atoms with E-state index >= 15 is 0 Å². The zero-order chi connectivity index (χ0) is 26.3. The van der Waals surface area contributed by atoms with Crippen molar-refractivity contribution >= 4 is 40.3 Å². The maximum absolute atomic E-state index is 13.3. The van der Waals surface area contributed by atoms with E-state index in [1.165, 1.54) is 31.7 Å². The fourth-order valence-electron chi connectivity index (χ4n) is 4.64. The Labute approximate surface area is 216 Å². The molecule has 0 spiro atoms. The predicted octanol–water partition coefficient (Wildman–Crippen LogP) is 3.67. The third-order valence-electron chi connectivity index (χ3n) is 6.46. The lowest BCUT2D eigenvalue weighted by Gasteiger charge is -2.44. The molecule has 0 atom stereocenters. The van der Waals surface area contributed by atoms with Gasteiger partial charge < -0.3 is 20.9 Å². The van der Waals surface area contributed by atoms with Gasteiger partial charge in [-0.25, -0.2) is 19.9 Å². The number of likely N-dealkylation sites (tertiary alicyclic amines) is 1. The first kappa shape index (κ1) is 25.3. The maximum Gasteiger partial charge on any atom is 0.449 e. The van der Waals surface area contributed by atoms with Crippen molar-refractivity contribution in [3.05, 3.63) is 41.9 Å². The standard InChI is InChI=1S/C24H28F3N9S/c1-14(28)9-19(29)31-20-11-21(36-12-15(13-36)35-7-3-4-8-35)33-23(32-20)37-16-5-6-17-18(10-16)34(2)22(30-17)24(25,26)27/h5-6,9-11,15H,3-4,7-8,12-13,28H2,1-2H3,(H2,29,31,32,33). The van der Waals surface area contributed by atoms with Crippen molar-refractivity contribution in [2.75, 3.05) is 31.1 Å². The summed E-state index contributed by atoms with van der Waals surface area (Å²) in [7, 11) is 1.35. The van der Waals surface area contributed by atoms with Crippen LogP contribution in [0.1, 0.15) is 25.6 Å². The van der Waals surface area contributed by atoms with E-state index in [0.29, 0.717) is 33.1 Å². The van der Waals surface area contributed by atoms with Crippen molar-refractivity contribution in [2.45, 2.75) is 42.0 Å². The maximum atomic E-state index is 13.3. The first-order valence-corrected chi connectivity index (χ1v) is 12.8. The highest BCUT2D eigenvalue weighted by Gasteiger charge is 2.37. The van der Waals surface area contributed by atoms with E-state index in [9.17, 15) is 13.2 Å². The molecule has 5 rings (SSSR count). The molecule has 2 aliphatic heterocycles. The van der Waals surface area contributed by atoms with E-state index < -0.39 is 12.0 Å². The number of fused-ring (bicyclic) bond motifs is 1. The molecule has 37 heavy (non-hydrogen) atoms. The van der Waals surface area contributed by atoms with Gasteiger partial charge in [-0.15, -0.1) is 0 Å². The Bertz CT molecular complexity index is 1370. The average Bonchev–Trinajstić information content (AvgIpc) is 3.40. The van der Waals surface area contributed by atoms with E-state index in [1.807, 2.05) is 0 Å². The summed E-state index contributed by atoms with van der Waals surface area (Å²) in [5.41, 5.74) is 12.9. The lowest BCUT2D eigenvalue weighted by molar-refractivity contribution is -0.146. The van der Waals surface area contributed by atoms with Crippen molar-refractivity contribution < 1.29 is 13.2 Å². The summed E-state index contributed by atoms with van der Waals surface area (Å²) in [6, 6.07) is 7.23. The first-order valence-electron chi connectivity index (χ1n) is 11.9. The van der Waals surface area contributed by atoms with Crippen molar-refractivity contribution in [2.24, 2.45) is 23.5 Å². The van der Waals surface area contributed by atoms with Crippen LogP contribution in [0.25, 0.3) is 11.0 Å². The molecule has 9 nitrogen and oxygen atoms in total. The fourth-order valence-corrected chi connectivity index (χ4v) is 5.43. The zero-order valence-electron chi connectivity index (χ0n) is 20.5. The number of halogens is 3. The van der Waals surface area contributed by atoms with Gasteiger partial charge in [-0.05, 0) is 68.9 Å². The molecule has 4 heterocycles. The van der Waals surface area contributed by atoms with E-state index in [0.717, 1.165) is 36.6 Å². The summed E-state index contributed by atoms with van der Waals surface area (Å²) < 4.78 is 40.9. The summed E-state index contributed by atoms with van der Waals surface area (Å²) in [5.74, 6) is 0.390. The van der Waals surface area contributed by atoms with Crippen LogP contribution in [0.2, 0.25) is 0 Å². The van der Waals surface area contributed by atoms with Crippen LogP contribution in [-0.4, -0.2) is 62.5 Å². The highest BCUT2D eigenvalue weighted by molar-refractivity contribution is 7.99. The van der Waals surface area contributed by atoms with Gasteiger partial charge in [0, 0.05) is 42.8 Å². The summed E-state index contributed by atoms with van der Waals surface area (Å²) in [4.78, 5) is 22.8. The Morgan fingerprint density at radius 3 is 2.51 bits per heavy atom. The molecule has 0 aliphatic carbocycles. The Morgan fingerprint density at radius 2 is 1.84 bits per heavy atom. The van der Waals surface area contributed by atoms with Gasteiger partial charge >= 0.3 is 6.18 Å². The number of rotatable bonds is 6. The molecular formula is C24H28F3N9S. The van der Waals surface area contributed by atoms with Gasteiger partial charge in [0.25, 0.3) is 0 Å². The number of anilines is 1. The topological polar surface area (TPSA) is 114 Å². The van der Waals surface area contributed by atoms with E-state index in [2.05, 4.69) is 24.8 Å². The molecule has 2 aliphatic rings. The van der Waals surface area contributed by atoms with Crippen LogP contribution in [0, 0.1) is 0 Å². The molecule has 196 valence electrons. The molecule has 13 heteroatoms. The smallest absolute Gasteiger partial charge is 0.402 e. The minimum Gasteiger partial charge on any atom is -0.402 e. The van der Waals surface area contributed by atoms with E-state index in [-0.39, 0.29) is 11.4 Å². The Morgan fingerprint density at radius 1 is 1.11 bits per heavy atom. The zero-order valence-corrected chi connectivity index (χ0v) is 21.4. The molecule has 0 radical (unpaired) electrons. The molecule has 2 fully saturated rings. The van der Waals surface area contributed by atoms with Crippen LogP contribution >= 0.6 is 11.8 Å². The Kier molecular flexibility index (Phi) is 6.75. The Hall–Kier alpha value is -3.32. The van der Waals surface area contributed by atoms with Crippen LogP contribution in [0.5, 0.6) is 0 Å². The lowest BCUT2D eigenvalue weighted by Crippen LogP contribution is -2.59. The number of nitrogens with zero attached hydrogens (tertiary/aromatic N) is 7. The number of amidine groups is 1. The number of aliphatic imine (C=N–C) groups is 1. The van der Waals surface area contributed by atoms with Crippen molar-refractivity contribution in [1.29, 1.82) is 0 Å². The molecule has 0 saturated carbocycles. The van der Waals surface area contributed by atoms with Crippen molar-refractivity contribution in [3.8, 4) is 0 Å². The third-order valence-corrected chi connectivity index (χ3v) is 7.31. The molecule has 0 unspecified atom stereocenters. The molecule has 2 saturated heterocycles. The summed E-state index contributed by atoms with van der Waals surface area (Å²) in [5, 5.41) is 0.416. The second-order valence-corrected chi connectivity index (χ2v) is 10.4. The molecule has 2 aromatic heterocycles. The monoisotopic (exact) mass is 531 g/mol.